The van der Waals surface area contributed by atoms with E-state index in [1.165, 1.54) is 0 Å². The van der Waals surface area contributed by atoms with E-state index in [-0.39, 0.29) is 6.03 Å². The molecule has 0 unspecified atom stereocenters. The normalized spacial score (nSPS) is 10.6. The first-order valence-electron chi connectivity index (χ1n) is 9.19. The van der Waals surface area contributed by atoms with Gasteiger partial charge in [0.25, 0.3) is 0 Å². The van der Waals surface area contributed by atoms with E-state index in [0.717, 1.165) is 28.4 Å². The van der Waals surface area contributed by atoms with Gasteiger partial charge in [0, 0.05) is 34.3 Å². The van der Waals surface area contributed by atoms with E-state index in [9.17, 15) is 4.79 Å². The van der Waals surface area contributed by atoms with E-state index >= 15 is 0 Å². The van der Waals surface area contributed by atoms with Crippen LogP contribution < -0.4 is 15.4 Å². The van der Waals surface area contributed by atoms with E-state index in [2.05, 4.69) is 21.3 Å². The molecule has 0 atom stereocenters. The predicted molar refractivity (Wildman–Crippen MR) is 114 cm³/mol. The van der Waals surface area contributed by atoms with Crippen molar-refractivity contribution in [2.45, 2.75) is 27.3 Å². The highest BCUT2D eigenvalue weighted by Gasteiger charge is 2.12. The Morgan fingerprint density at radius 1 is 1.07 bits per heavy atom. The van der Waals surface area contributed by atoms with Crippen molar-refractivity contribution >= 4 is 23.3 Å². The fraction of sp³-hybridized carbons (Fsp3) is 0.227. The van der Waals surface area contributed by atoms with Gasteiger partial charge in [-0.25, -0.2) is 4.79 Å². The summed E-state index contributed by atoms with van der Waals surface area (Å²) >= 11 is 5.99. The van der Waals surface area contributed by atoms with Crippen molar-refractivity contribution in [3.8, 4) is 11.4 Å². The number of hydrogen-bond donors (Lipinski definition) is 2. The largest absolute Gasteiger partial charge is 0.494 e. The zero-order valence-electron chi connectivity index (χ0n) is 16.3. The standard InChI is InChI=1S/C22H24ClN3O2/c1-4-28-21-11-7-19(8-12-21)25-22(27)24-14-17-13-15(2)26(16(17)3)20-9-5-18(23)6-10-20/h5-13H,4,14H2,1-3H3,(H2,24,25,27). The van der Waals surface area contributed by atoms with Crippen molar-refractivity contribution in [1.82, 2.24) is 9.88 Å². The fourth-order valence-corrected chi connectivity index (χ4v) is 3.27. The van der Waals surface area contributed by atoms with Gasteiger partial charge in [-0.2, -0.15) is 0 Å². The number of hydrogen-bond acceptors (Lipinski definition) is 2. The Balaban J connectivity index is 1.63. The summed E-state index contributed by atoms with van der Waals surface area (Å²) in [7, 11) is 0. The van der Waals surface area contributed by atoms with Gasteiger partial charge < -0.3 is 19.9 Å². The molecule has 1 heterocycles. The van der Waals surface area contributed by atoms with Gasteiger partial charge in [0.15, 0.2) is 0 Å². The van der Waals surface area contributed by atoms with Gasteiger partial charge in [-0.05, 0) is 80.9 Å². The Morgan fingerprint density at radius 2 is 1.75 bits per heavy atom. The summed E-state index contributed by atoms with van der Waals surface area (Å²) in [6.45, 7) is 7.08. The van der Waals surface area contributed by atoms with Crippen molar-refractivity contribution in [1.29, 1.82) is 0 Å². The summed E-state index contributed by atoms with van der Waals surface area (Å²) in [5, 5.41) is 6.45. The number of aromatic nitrogens is 1. The number of carbonyl (C=O) groups excluding carboxylic acids is 1. The lowest BCUT2D eigenvalue weighted by Gasteiger charge is -2.11. The number of benzene rings is 2. The molecule has 0 bridgehead atoms. The molecule has 0 saturated heterocycles. The number of nitrogens with zero attached hydrogens (tertiary/aromatic N) is 1. The van der Waals surface area contributed by atoms with Crippen LogP contribution in [0.15, 0.2) is 54.6 Å². The molecule has 0 fully saturated rings. The maximum atomic E-state index is 12.2. The van der Waals surface area contributed by atoms with Crippen LogP contribution in [0.5, 0.6) is 5.75 Å². The van der Waals surface area contributed by atoms with Crippen LogP contribution in [-0.2, 0) is 6.54 Å². The minimum Gasteiger partial charge on any atom is -0.494 e. The molecule has 5 nitrogen and oxygen atoms in total. The van der Waals surface area contributed by atoms with Gasteiger partial charge in [0.1, 0.15) is 5.75 Å². The van der Waals surface area contributed by atoms with Gasteiger partial charge in [0.2, 0.25) is 0 Å². The minimum absolute atomic E-state index is 0.250. The first-order chi connectivity index (χ1) is 13.5. The van der Waals surface area contributed by atoms with Crippen LogP contribution in [0.25, 0.3) is 5.69 Å². The molecule has 3 aromatic rings. The molecule has 6 heteroatoms. The summed E-state index contributed by atoms with van der Waals surface area (Å²) < 4.78 is 7.55. The summed E-state index contributed by atoms with van der Waals surface area (Å²) in [4.78, 5) is 12.2. The number of nitrogens with one attached hydrogen (secondary N) is 2. The number of ether oxygens (including phenoxy) is 1. The van der Waals surface area contributed by atoms with Gasteiger partial charge in [-0.15, -0.1) is 0 Å². The number of anilines is 1. The zero-order chi connectivity index (χ0) is 20.1. The van der Waals surface area contributed by atoms with E-state index in [4.69, 9.17) is 16.3 Å². The molecule has 0 radical (unpaired) electrons. The lowest BCUT2D eigenvalue weighted by molar-refractivity contribution is 0.251. The van der Waals surface area contributed by atoms with E-state index < -0.39 is 0 Å². The van der Waals surface area contributed by atoms with E-state index in [1.54, 1.807) is 0 Å². The fourth-order valence-electron chi connectivity index (χ4n) is 3.15. The van der Waals surface area contributed by atoms with Gasteiger partial charge in [0.05, 0.1) is 6.61 Å². The molecule has 0 aliphatic rings. The van der Waals surface area contributed by atoms with Crippen LogP contribution >= 0.6 is 11.6 Å². The Hall–Kier alpha value is -2.92. The molecule has 2 amide bonds. The van der Waals surface area contributed by atoms with Gasteiger partial charge in [-0.3, -0.25) is 0 Å². The van der Waals surface area contributed by atoms with Crippen LogP contribution in [0.4, 0.5) is 10.5 Å². The molecule has 0 aliphatic heterocycles. The molecule has 2 N–H and O–H groups in total. The molecule has 28 heavy (non-hydrogen) atoms. The quantitative estimate of drug-likeness (QED) is 0.579. The molecule has 1 aromatic heterocycles. The van der Waals surface area contributed by atoms with Crippen LogP contribution in [0.2, 0.25) is 5.02 Å². The summed E-state index contributed by atoms with van der Waals surface area (Å²) in [6, 6.07) is 16.8. The number of halogens is 1. The van der Waals surface area contributed by atoms with Crippen molar-refractivity contribution in [2.75, 3.05) is 11.9 Å². The number of aryl methyl sites for hydroxylation is 1. The number of carbonyl (C=O) groups is 1. The molecule has 0 saturated carbocycles. The van der Waals surface area contributed by atoms with Crippen molar-refractivity contribution < 1.29 is 9.53 Å². The van der Waals surface area contributed by atoms with Crippen LogP contribution in [0, 0.1) is 13.8 Å². The maximum Gasteiger partial charge on any atom is 0.319 e. The highest BCUT2D eigenvalue weighted by molar-refractivity contribution is 6.30. The number of amides is 2. The Morgan fingerprint density at radius 3 is 2.39 bits per heavy atom. The van der Waals surface area contributed by atoms with Crippen molar-refractivity contribution in [2.24, 2.45) is 0 Å². The monoisotopic (exact) mass is 397 g/mol. The Bertz CT molecular complexity index is 947. The maximum absolute atomic E-state index is 12.2. The highest BCUT2D eigenvalue weighted by Crippen LogP contribution is 2.22. The highest BCUT2D eigenvalue weighted by atomic mass is 35.5. The smallest absolute Gasteiger partial charge is 0.319 e. The molecular weight excluding hydrogens is 374 g/mol. The van der Waals surface area contributed by atoms with E-state index in [1.807, 2.05) is 69.3 Å². The van der Waals surface area contributed by atoms with E-state index in [0.29, 0.717) is 23.9 Å². The zero-order valence-corrected chi connectivity index (χ0v) is 17.0. The molecule has 0 aliphatic carbocycles. The predicted octanol–water partition coefficient (Wildman–Crippen LogP) is 5.47. The third kappa shape index (κ3) is 4.67. The lowest BCUT2D eigenvalue weighted by Crippen LogP contribution is -2.28. The molecule has 0 spiro atoms. The first kappa shape index (κ1) is 19.8. The van der Waals surface area contributed by atoms with Crippen LogP contribution in [-0.4, -0.2) is 17.2 Å². The van der Waals surface area contributed by atoms with Gasteiger partial charge in [-0.1, -0.05) is 11.6 Å². The number of rotatable bonds is 6. The second-order valence-electron chi connectivity index (χ2n) is 6.47. The molecule has 146 valence electrons. The van der Waals surface area contributed by atoms with Gasteiger partial charge >= 0.3 is 6.03 Å². The second-order valence-corrected chi connectivity index (χ2v) is 6.91. The third-order valence-corrected chi connectivity index (χ3v) is 4.74. The molecule has 2 aromatic carbocycles. The van der Waals surface area contributed by atoms with Crippen molar-refractivity contribution in [3.63, 3.8) is 0 Å². The summed E-state index contributed by atoms with van der Waals surface area (Å²) in [5.41, 5.74) is 5.01. The minimum atomic E-state index is -0.250. The molecule has 3 rings (SSSR count). The third-order valence-electron chi connectivity index (χ3n) is 4.48. The second kappa shape index (κ2) is 8.85. The number of urea groups is 1. The topological polar surface area (TPSA) is 55.3 Å². The van der Waals surface area contributed by atoms with Crippen LogP contribution in [0.1, 0.15) is 23.9 Å². The molecular formula is C22H24ClN3O2. The van der Waals surface area contributed by atoms with Crippen molar-refractivity contribution in [3.05, 3.63) is 76.6 Å². The lowest BCUT2D eigenvalue weighted by atomic mass is 10.2. The Labute approximate surface area is 170 Å². The summed E-state index contributed by atoms with van der Waals surface area (Å²) in [6.07, 6.45) is 0. The Kier molecular flexibility index (Phi) is 6.26. The average molecular weight is 398 g/mol. The summed E-state index contributed by atoms with van der Waals surface area (Å²) in [5.74, 6) is 0.781. The average Bonchev–Trinajstić information content (AvgIpc) is 2.96. The van der Waals surface area contributed by atoms with Crippen LogP contribution in [0.3, 0.4) is 0 Å². The SMILES string of the molecule is CCOc1ccc(NC(=O)NCc2cc(C)n(-c3ccc(Cl)cc3)c2C)cc1. The first-order valence-corrected chi connectivity index (χ1v) is 9.57.